The minimum absolute atomic E-state index is 0.00700. The van der Waals surface area contributed by atoms with Crippen LogP contribution in [0.3, 0.4) is 0 Å². The fourth-order valence-corrected chi connectivity index (χ4v) is 2.42. The molecule has 1 aliphatic carbocycles. The van der Waals surface area contributed by atoms with E-state index in [4.69, 9.17) is 10.5 Å². The summed E-state index contributed by atoms with van der Waals surface area (Å²) >= 11 is 0. The highest BCUT2D eigenvalue weighted by atomic mass is 16.5. The molecule has 1 aromatic carbocycles. The summed E-state index contributed by atoms with van der Waals surface area (Å²) in [6.07, 6.45) is 4.20. The first-order chi connectivity index (χ1) is 9.69. The molecule has 1 fully saturated rings. The maximum Gasteiger partial charge on any atom is 0.251 e. The second-order valence-corrected chi connectivity index (χ2v) is 5.66. The molecule has 1 aromatic rings. The molecule has 0 bridgehead atoms. The van der Waals surface area contributed by atoms with Crippen LogP contribution in [0, 0.1) is 5.41 Å². The average Bonchev–Trinajstić information content (AvgIpc) is 3.24. The van der Waals surface area contributed by atoms with Crippen molar-refractivity contribution in [3.05, 3.63) is 35.4 Å². The summed E-state index contributed by atoms with van der Waals surface area (Å²) in [7, 11) is 1.72. The van der Waals surface area contributed by atoms with Crippen molar-refractivity contribution in [2.45, 2.75) is 25.7 Å². The zero-order chi connectivity index (χ0) is 14.4. The lowest BCUT2D eigenvalue weighted by molar-refractivity contribution is 0.0938. The quantitative estimate of drug-likeness (QED) is 0.760. The number of carbonyl (C=O) groups is 1. The van der Waals surface area contributed by atoms with E-state index >= 15 is 0 Å². The van der Waals surface area contributed by atoms with Gasteiger partial charge in [0.15, 0.2) is 0 Å². The number of hydrogen-bond donors (Lipinski definition) is 2. The van der Waals surface area contributed by atoms with Gasteiger partial charge in [-0.15, -0.1) is 0 Å². The summed E-state index contributed by atoms with van der Waals surface area (Å²) in [5.74, 6) is 0.00700. The Kier molecular flexibility index (Phi) is 5.15. The molecule has 0 unspecified atom stereocenters. The highest BCUT2D eigenvalue weighted by Gasteiger charge is 2.42. The molecule has 1 amide bonds. The molecule has 0 aromatic heterocycles. The maximum atomic E-state index is 12.2. The lowest BCUT2D eigenvalue weighted by atomic mass is 10.0. The van der Waals surface area contributed by atoms with Gasteiger partial charge in [0, 0.05) is 25.8 Å². The molecular formula is C16H24N2O2. The van der Waals surface area contributed by atoms with Crippen LogP contribution in [0.2, 0.25) is 0 Å². The SMILES string of the molecule is COCCC1(CNC(=O)c2cccc(CCN)c2)CC1. The second-order valence-electron chi connectivity index (χ2n) is 5.66. The first kappa shape index (κ1) is 15.0. The summed E-state index contributed by atoms with van der Waals surface area (Å²) in [6.45, 7) is 2.11. The van der Waals surface area contributed by atoms with Crippen molar-refractivity contribution in [2.75, 3.05) is 26.8 Å². The first-order valence-electron chi connectivity index (χ1n) is 7.25. The van der Waals surface area contributed by atoms with Gasteiger partial charge >= 0.3 is 0 Å². The molecule has 3 N–H and O–H groups in total. The smallest absolute Gasteiger partial charge is 0.251 e. The zero-order valence-corrected chi connectivity index (χ0v) is 12.2. The topological polar surface area (TPSA) is 64.3 Å². The summed E-state index contributed by atoms with van der Waals surface area (Å²) in [5.41, 5.74) is 7.66. The van der Waals surface area contributed by atoms with E-state index < -0.39 is 0 Å². The Labute approximate surface area is 120 Å². The number of amides is 1. The van der Waals surface area contributed by atoms with E-state index in [1.54, 1.807) is 7.11 Å². The predicted octanol–water partition coefficient (Wildman–Crippen LogP) is 1.73. The van der Waals surface area contributed by atoms with Crippen molar-refractivity contribution in [1.29, 1.82) is 0 Å². The molecule has 0 atom stereocenters. The van der Waals surface area contributed by atoms with E-state index in [0.717, 1.165) is 37.1 Å². The number of benzene rings is 1. The van der Waals surface area contributed by atoms with Gasteiger partial charge in [-0.1, -0.05) is 12.1 Å². The van der Waals surface area contributed by atoms with Crippen LogP contribution in [-0.4, -0.2) is 32.7 Å². The van der Waals surface area contributed by atoms with Gasteiger partial charge in [-0.05, 0) is 55.3 Å². The Morgan fingerprint density at radius 3 is 2.90 bits per heavy atom. The van der Waals surface area contributed by atoms with Crippen LogP contribution in [-0.2, 0) is 11.2 Å². The third kappa shape index (κ3) is 4.05. The Balaban J connectivity index is 1.87. The third-order valence-corrected chi connectivity index (χ3v) is 4.04. The molecule has 2 rings (SSSR count). The van der Waals surface area contributed by atoms with Crippen LogP contribution >= 0.6 is 0 Å². The Morgan fingerprint density at radius 1 is 1.45 bits per heavy atom. The van der Waals surface area contributed by atoms with Crippen LogP contribution in [0.4, 0.5) is 0 Å². The minimum atomic E-state index is 0.00700. The van der Waals surface area contributed by atoms with Gasteiger partial charge in [-0.2, -0.15) is 0 Å². The van der Waals surface area contributed by atoms with Crippen LogP contribution in [0.1, 0.15) is 35.2 Å². The average molecular weight is 276 g/mol. The fourth-order valence-electron chi connectivity index (χ4n) is 2.42. The van der Waals surface area contributed by atoms with E-state index in [1.165, 1.54) is 12.8 Å². The van der Waals surface area contributed by atoms with E-state index in [1.807, 2.05) is 24.3 Å². The largest absolute Gasteiger partial charge is 0.385 e. The Morgan fingerprint density at radius 2 is 2.25 bits per heavy atom. The third-order valence-electron chi connectivity index (χ3n) is 4.04. The van der Waals surface area contributed by atoms with Gasteiger partial charge in [0.25, 0.3) is 5.91 Å². The zero-order valence-electron chi connectivity index (χ0n) is 12.2. The first-order valence-corrected chi connectivity index (χ1v) is 7.25. The molecule has 4 heteroatoms. The highest BCUT2D eigenvalue weighted by Crippen LogP contribution is 2.48. The van der Waals surface area contributed by atoms with Gasteiger partial charge < -0.3 is 15.8 Å². The van der Waals surface area contributed by atoms with Crippen molar-refractivity contribution in [3.63, 3.8) is 0 Å². The molecule has 0 radical (unpaired) electrons. The van der Waals surface area contributed by atoms with Gasteiger partial charge in [0.2, 0.25) is 0 Å². The molecule has 0 aliphatic heterocycles. The molecule has 110 valence electrons. The van der Waals surface area contributed by atoms with Crippen molar-refractivity contribution in [2.24, 2.45) is 11.1 Å². The van der Waals surface area contributed by atoms with Gasteiger partial charge in [0.1, 0.15) is 0 Å². The molecule has 0 spiro atoms. The number of ether oxygens (including phenoxy) is 1. The van der Waals surface area contributed by atoms with Crippen LogP contribution < -0.4 is 11.1 Å². The Hall–Kier alpha value is -1.39. The van der Waals surface area contributed by atoms with Crippen LogP contribution in [0.25, 0.3) is 0 Å². The number of nitrogens with two attached hydrogens (primary N) is 1. The number of nitrogens with one attached hydrogen (secondary N) is 1. The normalized spacial score (nSPS) is 15.9. The number of carbonyl (C=O) groups excluding carboxylic acids is 1. The standard InChI is InChI=1S/C16H24N2O2/c1-20-10-8-16(6-7-16)12-18-15(19)14-4-2-3-13(11-14)5-9-17/h2-4,11H,5-10,12,17H2,1H3,(H,18,19). The maximum absolute atomic E-state index is 12.2. The second kappa shape index (κ2) is 6.86. The van der Waals surface area contributed by atoms with E-state index in [9.17, 15) is 4.79 Å². The van der Waals surface area contributed by atoms with Crippen LogP contribution in [0.15, 0.2) is 24.3 Å². The van der Waals surface area contributed by atoms with Crippen molar-refractivity contribution in [3.8, 4) is 0 Å². The van der Waals surface area contributed by atoms with Gasteiger partial charge in [-0.3, -0.25) is 4.79 Å². The van der Waals surface area contributed by atoms with Crippen molar-refractivity contribution in [1.82, 2.24) is 5.32 Å². The molecule has 4 nitrogen and oxygen atoms in total. The molecule has 0 heterocycles. The van der Waals surface area contributed by atoms with E-state index in [-0.39, 0.29) is 11.3 Å². The van der Waals surface area contributed by atoms with Crippen molar-refractivity contribution >= 4 is 5.91 Å². The lowest BCUT2D eigenvalue weighted by Crippen LogP contribution is -2.30. The number of hydrogen-bond acceptors (Lipinski definition) is 3. The van der Waals surface area contributed by atoms with Gasteiger partial charge in [-0.25, -0.2) is 0 Å². The predicted molar refractivity (Wildman–Crippen MR) is 79.7 cm³/mol. The molecular weight excluding hydrogens is 252 g/mol. The minimum Gasteiger partial charge on any atom is -0.385 e. The summed E-state index contributed by atoms with van der Waals surface area (Å²) in [4.78, 5) is 12.2. The van der Waals surface area contributed by atoms with Crippen molar-refractivity contribution < 1.29 is 9.53 Å². The molecule has 20 heavy (non-hydrogen) atoms. The van der Waals surface area contributed by atoms with E-state index in [2.05, 4.69) is 5.32 Å². The van der Waals surface area contributed by atoms with Gasteiger partial charge in [0.05, 0.1) is 0 Å². The highest BCUT2D eigenvalue weighted by molar-refractivity contribution is 5.94. The molecule has 1 saturated carbocycles. The van der Waals surface area contributed by atoms with E-state index in [0.29, 0.717) is 6.54 Å². The summed E-state index contributed by atoms with van der Waals surface area (Å²) in [5, 5.41) is 3.05. The Bertz CT molecular complexity index is 456. The number of methoxy groups -OCH3 is 1. The summed E-state index contributed by atoms with van der Waals surface area (Å²) < 4.78 is 5.13. The molecule has 0 saturated heterocycles. The monoisotopic (exact) mass is 276 g/mol. The lowest BCUT2D eigenvalue weighted by Gasteiger charge is -2.15. The molecule has 1 aliphatic rings. The fraction of sp³-hybridized carbons (Fsp3) is 0.562. The van der Waals surface area contributed by atoms with Crippen LogP contribution in [0.5, 0.6) is 0 Å². The summed E-state index contributed by atoms with van der Waals surface area (Å²) in [6, 6.07) is 7.70. The number of rotatable bonds is 8.